The minimum Gasteiger partial charge on any atom is -0.294 e. The summed E-state index contributed by atoms with van der Waals surface area (Å²) >= 11 is 6.22. The second-order valence-electron chi connectivity index (χ2n) is 5.54. The number of hydrogen-bond acceptors (Lipinski definition) is 1. The topological polar surface area (TPSA) is 3.24 Å². The Labute approximate surface area is 132 Å². The molecule has 0 fully saturated rings. The zero-order valence-corrected chi connectivity index (χ0v) is 12.6. The summed E-state index contributed by atoms with van der Waals surface area (Å²) in [7, 11) is 0. The number of rotatable bonds is 2. The maximum atomic E-state index is 12.8. The lowest BCUT2D eigenvalue weighted by molar-refractivity contribution is -0.137. The van der Waals surface area contributed by atoms with Crippen molar-refractivity contribution in [1.29, 1.82) is 0 Å². The normalized spacial score (nSPS) is 15.6. The highest BCUT2D eigenvalue weighted by atomic mass is 35.5. The smallest absolute Gasteiger partial charge is 0.294 e. The molecule has 0 spiro atoms. The molecule has 0 amide bonds. The van der Waals surface area contributed by atoms with E-state index in [-0.39, 0.29) is 0 Å². The second-order valence-corrected chi connectivity index (χ2v) is 5.94. The molecule has 0 unspecified atom stereocenters. The van der Waals surface area contributed by atoms with Crippen molar-refractivity contribution < 1.29 is 13.2 Å². The van der Waals surface area contributed by atoms with Gasteiger partial charge in [0.05, 0.1) is 5.56 Å². The van der Waals surface area contributed by atoms with Crippen LogP contribution in [0.15, 0.2) is 42.5 Å². The zero-order valence-electron chi connectivity index (χ0n) is 11.8. The Morgan fingerprint density at radius 2 is 1.86 bits per heavy atom. The fraction of sp³-hybridized carbons (Fsp3) is 0.294. The Bertz CT molecular complexity index is 682. The van der Waals surface area contributed by atoms with Gasteiger partial charge in [0.15, 0.2) is 0 Å². The van der Waals surface area contributed by atoms with E-state index in [2.05, 4.69) is 11.0 Å². The fourth-order valence-corrected chi connectivity index (χ4v) is 3.09. The summed E-state index contributed by atoms with van der Waals surface area (Å²) in [5, 5.41) is 0.728. The number of fused-ring (bicyclic) bond motifs is 1. The highest BCUT2D eigenvalue weighted by Crippen LogP contribution is 2.31. The molecule has 3 rings (SSSR count). The molecule has 2 aromatic carbocycles. The maximum Gasteiger partial charge on any atom is 0.416 e. The molecule has 0 radical (unpaired) electrons. The largest absolute Gasteiger partial charge is 0.416 e. The first kappa shape index (κ1) is 15.4. The minimum atomic E-state index is -4.30. The van der Waals surface area contributed by atoms with Crippen LogP contribution in [-0.2, 0) is 25.7 Å². The van der Waals surface area contributed by atoms with Gasteiger partial charge < -0.3 is 0 Å². The Morgan fingerprint density at radius 1 is 1.09 bits per heavy atom. The Hall–Kier alpha value is -1.52. The average molecular weight is 326 g/mol. The van der Waals surface area contributed by atoms with Gasteiger partial charge in [-0.25, -0.2) is 0 Å². The van der Waals surface area contributed by atoms with Crippen LogP contribution < -0.4 is 0 Å². The van der Waals surface area contributed by atoms with Crippen LogP contribution in [0.5, 0.6) is 0 Å². The molecular formula is C17H15ClF3N. The molecule has 0 aromatic heterocycles. The molecule has 0 N–H and O–H groups in total. The monoisotopic (exact) mass is 325 g/mol. The Morgan fingerprint density at radius 3 is 2.64 bits per heavy atom. The quantitative estimate of drug-likeness (QED) is 0.757. The van der Waals surface area contributed by atoms with Crippen molar-refractivity contribution in [1.82, 2.24) is 4.90 Å². The van der Waals surface area contributed by atoms with Crippen LogP contribution in [0.3, 0.4) is 0 Å². The summed E-state index contributed by atoms with van der Waals surface area (Å²) in [6, 6.07) is 11.4. The summed E-state index contributed by atoms with van der Waals surface area (Å²) in [5.41, 5.74) is 2.39. The molecule has 1 nitrogen and oxygen atoms in total. The van der Waals surface area contributed by atoms with Crippen LogP contribution in [0.4, 0.5) is 13.2 Å². The average Bonchev–Trinajstić information content (AvgIpc) is 2.48. The highest BCUT2D eigenvalue weighted by molar-refractivity contribution is 6.31. The standard InChI is InChI=1S/C17H15ClF3N/c18-16-6-2-4-13-7-8-22(11-15(13)16)10-12-3-1-5-14(9-12)17(19,20)21/h1-6,9H,7-8,10-11H2. The first-order chi connectivity index (χ1) is 10.4. The molecule has 1 aliphatic rings. The lowest BCUT2D eigenvalue weighted by Crippen LogP contribution is -2.30. The van der Waals surface area contributed by atoms with Crippen molar-refractivity contribution in [2.45, 2.75) is 25.7 Å². The van der Waals surface area contributed by atoms with Crippen molar-refractivity contribution in [3.05, 3.63) is 69.7 Å². The molecule has 0 saturated carbocycles. The van der Waals surface area contributed by atoms with Gasteiger partial charge in [-0.2, -0.15) is 13.2 Å². The van der Waals surface area contributed by atoms with E-state index in [9.17, 15) is 13.2 Å². The summed E-state index contributed by atoms with van der Waals surface area (Å²) in [6.45, 7) is 1.99. The van der Waals surface area contributed by atoms with Gasteiger partial charge in [0.2, 0.25) is 0 Å². The van der Waals surface area contributed by atoms with E-state index < -0.39 is 11.7 Å². The molecule has 0 bridgehead atoms. The molecule has 22 heavy (non-hydrogen) atoms. The van der Waals surface area contributed by atoms with Crippen molar-refractivity contribution >= 4 is 11.6 Å². The zero-order chi connectivity index (χ0) is 15.7. The van der Waals surface area contributed by atoms with Gasteiger partial charge in [-0.05, 0) is 35.2 Å². The molecule has 1 heterocycles. The third-order valence-corrected chi connectivity index (χ3v) is 4.31. The van der Waals surface area contributed by atoms with Gasteiger partial charge in [0, 0.05) is 24.7 Å². The maximum absolute atomic E-state index is 12.8. The van der Waals surface area contributed by atoms with Gasteiger partial charge in [0.25, 0.3) is 0 Å². The number of halogens is 4. The SMILES string of the molecule is FC(F)(F)c1cccc(CN2CCc3cccc(Cl)c3C2)c1. The van der Waals surface area contributed by atoms with Crippen LogP contribution in [0.25, 0.3) is 0 Å². The van der Waals surface area contributed by atoms with Crippen molar-refractivity contribution in [3.8, 4) is 0 Å². The van der Waals surface area contributed by atoms with Gasteiger partial charge in [-0.3, -0.25) is 4.90 Å². The fourth-order valence-electron chi connectivity index (χ4n) is 2.84. The third-order valence-electron chi connectivity index (χ3n) is 3.96. The summed E-state index contributed by atoms with van der Waals surface area (Å²) in [5.74, 6) is 0. The van der Waals surface area contributed by atoms with Crippen molar-refractivity contribution in [2.24, 2.45) is 0 Å². The molecular weight excluding hydrogens is 311 g/mol. The van der Waals surface area contributed by atoms with E-state index in [1.165, 1.54) is 17.7 Å². The number of hydrogen-bond donors (Lipinski definition) is 0. The number of benzene rings is 2. The van der Waals surface area contributed by atoms with Gasteiger partial charge in [0.1, 0.15) is 0 Å². The molecule has 5 heteroatoms. The summed E-state index contributed by atoms with van der Waals surface area (Å²) in [4.78, 5) is 2.13. The van der Waals surface area contributed by atoms with Gasteiger partial charge in [-0.15, -0.1) is 0 Å². The molecule has 0 atom stereocenters. The minimum absolute atomic E-state index is 0.495. The molecule has 0 saturated heterocycles. The van der Waals surface area contributed by atoms with E-state index in [1.807, 2.05) is 12.1 Å². The van der Waals surface area contributed by atoms with E-state index in [0.717, 1.165) is 29.6 Å². The van der Waals surface area contributed by atoms with Crippen molar-refractivity contribution in [2.75, 3.05) is 6.54 Å². The van der Waals surface area contributed by atoms with Crippen LogP contribution in [0.1, 0.15) is 22.3 Å². The lowest BCUT2D eigenvalue weighted by atomic mass is 9.99. The van der Waals surface area contributed by atoms with Crippen LogP contribution >= 0.6 is 11.6 Å². The van der Waals surface area contributed by atoms with Crippen LogP contribution in [0, 0.1) is 0 Å². The lowest BCUT2D eigenvalue weighted by Gasteiger charge is -2.29. The molecule has 0 aliphatic carbocycles. The number of alkyl halides is 3. The highest BCUT2D eigenvalue weighted by Gasteiger charge is 2.30. The Kier molecular flexibility index (Phi) is 4.15. The predicted molar refractivity (Wildman–Crippen MR) is 80.7 cm³/mol. The molecule has 116 valence electrons. The summed E-state index contributed by atoms with van der Waals surface area (Å²) in [6.07, 6.45) is -3.43. The van der Waals surface area contributed by atoms with E-state index in [1.54, 1.807) is 6.07 Å². The van der Waals surface area contributed by atoms with Crippen LogP contribution in [-0.4, -0.2) is 11.4 Å². The second kappa shape index (κ2) is 5.94. The van der Waals surface area contributed by atoms with E-state index in [0.29, 0.717) is 18.7 Å². The number of nitrogens with zero attached hydrogens (tertiary/aromatic N) is 1. The van der Waals surface area contributed by atoms with Crippen molar-refractivity contribution in [3.63, 3.8) is 0 Å². The third kappa shape index (κ3) is 3.28. The predicted octanol–water partition coefficient (Wildman–Crippen LogP) is 4.92. The molecule has 2 aromatic rings. The first-order valence-corrected chi connectivity index (χ1v) is 7.46. The van der Waals surface area contributed by atoms with Gasteiger partial charge in [-0.1, -0.05) is 41.9 Å². The van der Waals surface area contributed by atoms with E-state index >= 15 is 0 Å². The summed E-state index contributed by atoms with van der Waals surface area (Å²) < 4.78 is 38.3. The first-order valence-electron chi connectivity index (χ1n) is 7.08. The van der Waals surface area contributed by atoms with Crippen LogP contribution in [0.2, 0.25) is 5.02 Å². The van der Waals surface area contributed by atoms with Gasteiger partial charge >= 0.3 is 6.18 Å². The van der Waals surface area contributed by atoms with E-state index in [4.69, 9.17) is 11.6 Å². The molecule has 1 aliphatic heterocycles. The Balaban J connectivity index is 1.77.